The third-order valence-corrected chi connectivity index (χ3v) is 5.05. The van der Waals surface area contributed by atoms with Gasteiger partial charge < -0.3 is 15.5 Å². The standard InChI is InChI=1S/C17H31N5S.HI/c1-13(2)15-12-23-16(21-15)10-20-17(18-4)19-9-14(3)11-22-7-5-6-8-22;/h12-14H,5-11H2,1-4H3,(H2,18,19,20);1H. The fourth-order valence-electron chi connectivity index (χ4n) is 2.79. The first kappa shape index (κ1) is 21.6. The summed E-state index contributed by atoms with van der Waals surface area (Å²) in [4.78, 5) is 11.5. The van der Waals surface area contributed by atoms with Gasteiger partial charge in [-0.2, -0.15) is 0 Å². The molecule has 1 aromatic heterocycles. The van der Waals surface area contributed by atoms with Crippen LogP contribution in [0.4, 0.5) is 0 Å². The van der Waals surface area contributed by atoms with Gasteiger partial charge in [-0.15, -0.1) is 35.3 Å². The Morgan fingerprint density at radius 2 is 2.00 bits per heavy atom. The zero-order valence-corrected chi connectivity index (χ0v) is 18.5. The molecule has 1 aliphatic rings. The van der Waals surface area contributed by atoms with E-state index in [1.165, 1.54) is 38.2 Å². The van der Waals surface area contributed by atoms with Crippen LogP contribution in [-0.4, -0.2) is 49.1 Å². The van der Waals surface area contributed by atoms with Crippen molar-refractivity contribution in [3.63, 3.8) is 0 Å². The average molecular weight is 465 g/mol. The molecule has 2 N–H and O–H groups in total. The largest absolute Gasteiger partial charge is 0.356 e. The van der Waals surface area contributed by atoms with Gasteiger partial charge in [-0.1, -0.05) is 20.8 Å². The van der Waals surface area contributed by atoms with E-state index in [4.69, 9.17) is 0 Å². The van der Waals surface area contributed by atoms with E-state index in [0.29, 0.717) is 11.8 Å². The van der Waals surface area contributed by atoms with Crippen LogP contribution in [0.1, 0.15) is 50.2 Å². The number of nitrogens with one attached hydrogen (secondary N) is 2. The molecule has 1 unspecified atom stereocenters. The summed E-state index contributed by atoms with van der Waals surface area (Å²) in [5.41, 5.74) is 1.17. The van der Waals surface area contributed by atoms with Crippen molar-refractivity contribution < 1.29 is 0 Å². The fraction of sp³-hybridized carbons (Fsp3) is 0.765. The van der Waals surface area contributed by atoms with Gasteiger partial charge in [0.15, 0.2) is 5.96 Å². The van der Waals surface area contributed by atoms with Crippen molar-refractivity contribution in [1.29, 1.82) is 0 Å². The monoisotopic (exact) mass is 465 g/mol. The Bertz CT molecular complexity index is 497. The van der Waals surface area contributed by atoms with E-state index in [1.807, 2.05) is 7.05 Å². The van der Waals surface area contributed by atoms with E-state index >= 15 is 0 Å². The Kier molecular flexibility index (Phi) is 10.1. The molecule has 7 heteroatoms. The highest BCUT2D eigenvalue weighted by Gasteiger charge is 2.14. The van der Waals surface area contributed by atoms with Gasteiger partial charge in [-0.3, -0.25) is 4.99 Å². The van der Waals surface area contributed by atoms with Crippen LogP contribution in [0.5, 0.6) is 0 Å². The molecular weight excluding hydrogens is 433 g/mol. The highest BCUT2D eigenvalue weighted by molar-refractivity contribution is 14.0. The predicted octanol–water partition coefficient (Wildman–Crippen LogP) is 3.28. The van der Waals surface area contributed by atoms with Crippen molar-refractivity contribution >= 4 is 41.3 Å². The predicted molar refractivity (Wildman–Crippen MR) is 115 cm³/mol. The van der Waals surface area contributed by atoms with Crippen molar-refractivity contribution in [2.45, 2.75) is 46.1 Å². The lowest BCUT2D eigenvalue weighted by molar-refractivity contribution is 0.287. The second-order valence-electron chi connectivity index (χ2n) is 6.74. The van der Waals surface area contributed by atoms with Crippen LogP contribution < -0.4 is 10.6 Å². The van der Waals surface area contributed by atoms with Gasteiger partial charge in [-0.05, 0) is 37.8 Å². The number of likely N-dealkylation sites (tertiary alicyclic amines) is 1. The van der Waals surface area contributed by atoms with Gasteiger partial charge in [-0.25, -0.2) is 4.98 Å². The van der Waals surface area contributed by atoms with Gasteiger partial charge in [0.25, 0.3) is 0 Å². The van der Waals surface area contributed by atoms with Crippen molar-refractivity contribution in [2.24, 2.45) is 10.9 Å². The zero-order valence-electron chi connectivity index (χ0n) is 15.3. The molecule has 0 radical (unpaired) electrons. The maximum Gasteiger partial charge on any atom is 0.191 e. The van der Waals surface area contributed by atoms with Crippen LogP contribution >= 0.6 is 35.3 Å². The summed E-state index contributed by atoms with van der Waals surface area (Å²) in [6.45, 7) is 12.0. The summed E-state index contributed by atoms with van der Waals surface area (Å²) in [5.74, 6) is 1.97. The zero-order chi connectivity index (χ0) is 16.7. The summed E-state index contributed by atoms with van der Waals surface area (Å²) in [5, 5.41) is 10.1. The molecule has 0 saturated carbocycles. The van der Waals surface area contributed by atoms with E-state index < -0.39 is 0 Å². The van der Waals surface area contributed by atoms with E-state index in [9.17, 15) is 0 Å². The van der Waals surface area contributed by atoms with Gasteiger partial charge >= 0.3 is 0 Å². The molecular formula is C17H32IN5S. The number of guanidine groups is 1. The second-order valence-corrected chi connectivity index (χ2v) is 7.68. The third kappa shape index (κ3) is 7.23. The fourth-order valence-corrected chi connectivity index (χ4v) is 3.69. The van der Waals surface area contributed by atoms with Crippen molar-refractivity contribution in [3.8, 4) is 0 Å². The number of aromatic nitrogens is 1. The number of hydrogen-bond acceptors (Lipinski definition) is 4. The number of hydrogen-bond donors (Lipinski definition) is 2. The number of rotatable bonds is 7. The topological polar surface area (TPSA) is 52.6 Å². The van der Waals surface area contributed by atoms with Crippen LogP contribution in [0.3, 0.4) is 0 Å². The lowest BCUT2D eigenvalue weighted by atomic mass is 10.1. The third-order valence-electron chi connectivity index (χ3n) is 4.18. The number of aliphatic imine (C=N–C) groups is 1. The molecule has 1 aliphatic heterocycles. The first-order chi connectivity index (χ1) is 11.1. The van der Waals surface area contributed by atoms with Crippen LogP contribution in [-0.2, 0) is 6.54 Å². The van der Waals surface area contributed by atoms with Gasteiger partial charge in [0.2, 0.25) is 0 Å². The quantitative estimate of drug-likeness (QED) is 0.369. The normalized spacial score (nSPS) is 17.0. The number of nitrogens with zero attached hydrogens (tertiary/aromatic N) is 3. The molecule has 1 fully saturated rings. The smallest absolute Gasteiger partial charge is 0.191 e. The second kappa shape index (κ2) is 11.3. The molecule has 0 bridgehead atoms. The molecule has 0 aromatic carbocycles. The highest BCUT2D eigenvalue weighted by atomic mass is 127. The SMILES string of the molecule is CN=C(NCc1nc(C(C)C)cs1)NCC(C)CN1CCCC1.I. The van der Waals surface area contributed by atoms with Crippen molar-refractivity contribution in [2.75, 3.05) is 33.2 Å². The van der Waals surface area contributed by atoms with E-state index in [-0.39, 0.29) is 24.0 Å². The lowest BCUT2D eigenvalue weighted by Crippen LogP contribution is -2.41. The van der Waals surface area contributed by atoms with Crippen molar-refractivity contribution in [3.05, 3.63) is 16.1 Å². The first-order valence-corrected chi connectivity index (χ1v) is 9.57. The molecule has 2 heterocycles. The molecule has 0 aliphatic carbocycles. The van der Waals surface area contributed by atoms with Crippen LogP contribution in [0.15, 0.2) is 10.4 Å². The van der Waals surface area contributed by atoms with Gasteiger partial charge in [0.1, 0.15) is 5.01 Å². The minimum Gasteiger partial charge on any atom is -0.356 e. The Morgan fingerprint density at radius 1 is 1.29 bits per heavy atom. The van der Waals surface area contributed by atoms with E-state index in [1.54, 1.807) is 11.3 Å². The van der Waals surface area contributed by atoms with Gasteiger partial charge in [0, 0.05) is 25.5 Å². The summed E-state index contributed by atoms with van der Waals surface area (Å²) in [6, 6.07) is 0. The van der Waals surface area contributed by atoms with Crippen LogP contribution in [0.25, 0.3) is 0 Å². The molecule has 0 spiro atoms. The Labute approximate surface area is 167 Å². The Hall–Kier alpha value is -0.410. The lowest BCUT2D eigenvalue weighted by Gasteiger charge is -2.21. The number of halogens is 1. The summed E-state index contributed by atoms with van der Waals surface area (Å²) >= 11 is 1.71. The Balaban J connectivity index is 0.00000288. The number of thiazole rings is 1. The van der Waals surface area contributed by atoms with Gasteiger partial charge in [0.05, 0.1) is 12.2 Å². The minimum atomic E-state index is 0. The minimum absolute atomic E-state index is 0. The summed E-state index contributed by atoms with van der Waals surface area (Å²) < 4.78 is 0. The first-order valence-electron chi connectivity index (χ1n) is 8.69. The maximum absolute atomic E-state index is 4.65. The average Bonchev–Trinajstić information content (AvgIpc) is 3.18. The van der Waals surface area contributed by atoms with E-state index in [2.05, 4.69) is 51.7 Å². The summed E-state index contributed by atoms with van der Waals surface area (Å²) in [6.07, 6.45) is 2.71. The molecule has 24 heavy (non-hydrogen) atoms. The molecule has 2 rings (SSSR count). The van der Waals surface area contributed by atoms with Crippen LogP contribution in [0, 0.1) is 5.92 Å². The molecule has 0 amide bonds. The molecule has 1 atom stereocenters. The molecule has 1 saturated heterocycles. The van der Waals surface area contributed by atoms with E-state index in [0.717, 1.165) is 24.1 Å². The van der Waals surface area contributed by atoms with Crippen LogP contribution in [0.2, 0.25) is 0 Å². The van der Waals surface area contributed by atoms with Crippen molar-refractivity contribution in [1.82, 2.24) is 20.5 Å². The highest BCUT2D eigenvalue weighted by Crippen LogP contribution is 2.17. The Morgan fingerprint density at radius 3 is 2.58 bits per heavy atom. The molecule has 5 nitrogen and oxygen atoms in total. The summed E-state index contributed by atoms with van der Waals surface area (Å²) in [7, 11) is 1.82. The molecule has 138 valence electrons. The molecule has 1 aromatic rings. The maximum atomic E-state index is 4.65.